The van der Waals surface area contributed by atoms with E-state index < -0.39 is 5.60 Å². The summed E-state index contributed by atoms with van der Waals surface area (Å²) in [5.74, 6) is 1.33. The zero-order valence-corrected chi connectivity index (χ0v) is 22.6. The Bertz CT molecular complexity index is 1160. The molecule has 1 aliphatic carbocycles. The van der Waals surface area contributed by atoms with E-state index in [4.69, 9.17) is 14.2 Å². The Kier molecular flexibility index (Phi) is 8.65. The van der Waals surface area contributed by atoms with Gasteiger partial charge in [0.2, 0.25) is 0 Å². The normalized spacial score (nSPS) is 20.9. The van der Waals surface area contributed by atoms with Gasteiger partial charge in [-0.15, -0.1) is 0 Å². The molecule has 2 aliphatic rings. The molecule has 1 saturated carbocycles. The fraction of sp³-hybridized carbons (Fsp3) is 0.455. The van der Waals surface area contributed by atoms with Gasteiger partial charge in [0, 0.05) is 24.4 Å². The summed E-state index contributed by atoms with van der Waals surface area (Å²) >= 11 is 0. The molecule has 1 heterocycles. The Morgan fingerprint density at radius 3 is 2.42 bits per heavy atom. The minimum absolute atomic E-state index is 0.247. The zero-order chi connectivity index (χ0) is 26.4. The summed E-state index contributed by atoms with van der Waals surface area (Å²) in [7, 11) is 0. The summed E-state index contributed by atoms with van der Waals surface area (Å²) in [5.41, 5.74) is 3.58. The SMILES string of the molecule is CC1(C)Oc2ccc(NCc3ccccc3)cc2C(OCCC2CCCCC2)C1OCc1ccc(F)cc1. The summed E-state index contributed by atoms with van der Waals surface area (Å²) in [6.07, 6.45) is 7.11. The summed E-state index contributed by atoms with van der Waals surface area (Å²) < 4.78 is 33.1. The molecule has 5 heteroatoms. The lowest BCUT2D eigenvalue weighted by atomic mass is 9.86. The van der Waals surface area contributed by atoms with Gasteiger partial charge in [-0.1, -0.05) is 74.6 Å². The molecule has 1 aliphatic heterocycles. The van der Waals surface area contributed by atoms with Gasteiger partial charge in [0.05, 0.1) is 6.61 Å². The van der Waals surface area contributed by atoms with E-state index in [0.29, 0.717) is 13.2 Å². The first kappa shape index (κ1) is 26.7. The Morgan fingerprint density at radius 2 is 1.66 bits per heavy atom. The summed E-state index contributed by atoms with van der Waals surface area (Å²) in [5, 5.41) is 3.55. The monoisotopic (exact) mass is 517 g/mol. The molecule has 1 N–H and O–H groups in total. The van der Waals surface area contributed by atoms with Crippen LogP contribution in [0.1, 0.15) is 75.2 Å². The predicted molar refractivity (Wildman–Crippen MR) is 150 cm³/mol. The van der Waals surface area contributed by atoms with Gasteiger partial charge in [-0.25, -0.2) is 4.39 Å². The fourth-order valence-electron chi connectivity index (χ4n) is 5.71. The molecule has 0 amide bonds. The second kappa shape index (κ2) is 12.3. The smallest absolute Gasteiger partial charge is 0.132 e. The average Bonchev–Trinajstić information content (AvgIpc) is 2.93. The van der Waals surface area contributed by atoms with Crippen molar-refractivity contribution >= 4 is 5.69 Å². The molecule has 3 aromatic carbocycles. The van der Waals surface area contributed by atoms with Crippen molar-refractivity contribution in [2.45, 2.75) is 83.3 Å². The third-order valence-electron chi connectivity index (χ3n) is 7.88. The Balaban J connectivity index is 1.36. The van der Waals surface area contributed by atoms with Crippen molar-refractivity contribution in [1.29, 1.82) is 0 Å². The van der Waals surface area contributed by atoms with Crippen LogP contribution < -0.4 is 10.1 Å². The molecule has 2 unspecified atom stereocenters. The first-order valence-corrected chi connectivity index (χ1v) is 14.1. The highest BCUT2D eigenvalue weighted by Gasteiger charge is 2.45. The van der Waals surface area contributed by atoms with Crippen molar-refractivity contribution in [3.05, 3.63) is 95.3 Å². The van der Waals surface area contributed by atoms with Gasteiger partial charge in [-0.3, -0.25) is 0 Å². The number of hydrogen-bond acceptors (Lipinski definition) is 4. The third kappa shape index (κ3) is 6.75. The highest BCUT2D eigenvalue weighted by atomic mass is 19.1. The van der Waals surface area contributed by atoms with Gasteiger partial charge in [-0.2, -0.15) is 0 Å². The quantitative estimate of drug-likeness (QED) is 0.294. The van der Waals surface area contributed by atoms with E-state index in [1.807, 2.05) is 12.1 Å². The molecule has 5 rings (SSSR count). The van der Waals surface area contributed by atoms with Crippen molar-refractivity contribution in [3.8, 4) is 5.75 Å². The van der Waals surface area contributed by atoms with Gasteiger partial charge in [0.15, 0.2) is 0 Å². The van der Waals surface area contributed by atoms with Crippen molar-refractivity contribution < 1.29 is 18.6 Å². The van der Waals surface area contributed by atoms with Gasteiger partial charge in [0.25, 0.3) is 0 Å². The molecule has 0 bridgehead atoms. The molecule has 0 aromatic heterocycles. The van der Waals surface area contributed by atoms with Crippen LogP contribution in [0.2, 0.25) is 0 Å². The zero-order valence-electron chi connectivity index (χ0n) is 22.6. The minimum atomic E-state index is -0.596. The van der Waals surface area contributed by atoms with E-state index in [0.717, 1.165) is 41.4 Å². The standard InChI is InChI=1S/C33H40FNO3/c1-33(2)32(37-23-26-13-15-27(34)16-14-26)31(36-20-19-24-9-5-3-6-10-24)29-21-28(17-18-30(29)38-33)35-22-25-11-7-4-8-12-25/h4,7-8,11-18,21,24,31-32,35H,3,5-6,9-10,19-20,22-23H2,1-2H3. The number of rotatable bonds is 10. The van der Waals surface area contributed by atoms with Crippen LogP contribution in [0.3, 0.4) is 0 Å². The van der Waals surface area contributed by atoms with E-state index in [2.05, 4.69) is 55.6 Å². The number of benzene rings is 3. The van der Waals surface area contributed by atoms with Crippen molar-refractivity contribution in [2.75, 3.05) is 11.9 Å². The molecular formula is C33H40FNO3. The summed E-state index contributed by atoms with van der Waals surface area (Å²) in [6, 6.07) is 23.1. The molecule has 38 heavy (non-hydrogen) atoms. The Morgan fingerprint density at radius 1 is 0.895 bits per heavy atom. The van der Waals surface area contributed by atoms with Crippen LogP contribution in [0.4, 0.5) is 10.1 Å². The van der Waals surface area contributed by atoms with Crippen LogP contribution in [-0.4, -0.2) is 18.3 Å². The lowest BCUT2D eigenvalue weighted by Crippen LogP contribution is -2.51. The van der Waals surface area contributed by atoms with Crippen molar-refractivity contribution in [2.24, 2.45) is 5.92 Å². The van der Waals surface area contributed by atoms with Crippen molar-refractivity contribution in [3.63, 3.8) is 0 Å². The molecule has 1 fully saturated rings. The van der Waals surface area contributed by atoms with Crippen LogP contribution in [0.25, 0.3) is 0 Å². The lowest BCUT2D eigenvalue weighted by Gasteiger charge is -2.44. The van der Waals surface area contributed by atoms with Gasteiger partial charge in [0.1, 0.15) is 29.4 Å². The molecule has 0 radical (unpaired) electrons. The first-order valence-electron chi connectivity index (χ1n) is 14.1. The maximum absolute atomic E-state index is 13.4. The first-order chi connectivity index (χ1) is 18.5. The van der Waals surface area contributed by atoms with E-state index in [1.54, 1.807) is 12.1 Å². The summed E-state index contributed by atoms with van der Waals surface area (Å²) in [4.78, 5) is 0. The molecule has 0 saturated heterocycles. The number of hydrogen-bond donors (Lipinski definition) is 1. The maximum atomic E-state index is 13.4. The van der Waals surface area contributed by atoms with Crippen LogP contribution in [0.15, 0.2) is 72.8 Å². The molecular weight excluding hydrogens is 477 g/mol. The van der Waals surface area contributed by atoms with E-state index in [9.17, 15) is 4.39 Å². The van der Waals surface area contributed by atoms with Crippen LogP contribution in [0, 0.1) is 11.7 Å². The Labute approximate surface area is 226 Å². The largest absolute Gasteiger partial charge is 0.485 e. The van der Waals surface area contributed by atoms with Crippen LogP contribution in [-0.2, 0) is 22.6 Å². The number of halogens is 1. The topological polar surface area (TPSA) is 39.7 Å². The molecule has 0 spiro atoms. The molecule has 2 atom stereocenters. The molecule has 3 aromatic rings. The maximum Gasteiger partial charge on any atom is 0.132 e. The third-order valence-corrected chi connectivity index (χ3v) is 7.88. The van der Waals surface area contributed by atoms with Gasteiger partial charge < -0.3 is 19.5 Å². The van der Waals surface area contributed by atoms with Crippen LogP contribution >= 0.6 is 0 Å². The van der Waals surface area contributed by atoms with E-state index in [-0.39, 0.29) is 18.0 Å². The fourth-order valence-corrected chi connectivity index (χ4v) is 5.71. The second-order valence-electron chi connectivity index (χ2n) is 11.2. The number of nitrogens with one attached hydrogen (secondary N) is 1. The minimum Gasteiger partial charge on any atom is -0.485 e. The van der Waals surface area contributed by atoms with E-state index in [1.165, 1.54) is 49.8 Å². The number of anilines is 1. The van der Waals surface area contributed by atoms with Gasteiger partial charge in [-0.05, 0) is 67.6 Å². The molecule has 202 valence electrons. The molecule has 4 nitrogen and oxygen atoms in total. The van der Waals surface area contributed by atoms with Crippen LogP contribution in [0.5, 0.6) is 5.75 Å². The Hall–Kier alpha value is -2.89. The lowest BCUT2D eigenvalue weighted by molar-refractivity contribution is -0.168. The summed E-state index contributed by atoms with van der Waals surface area (Å²) in [6.45, 7) is 5.92. The average molecular weight is 518 g/mol. The number of ether oxygens (including phenoxy) is 3. The number of fused-ring (bicyclic) bond motifs is 1. The van der Waals surface area contributed by atoms with Gasteiger partial charge >= 0.3 is 0 Å². The van der Waals surface area contributed by atoms with E-state index >= 15 is 0 Å². The highest BCUT2D eigenvalue weighted by molar-refractivity contribution is 5.54. The van der Waals surface area contributed by atoms with Crippen molar-refractivity contribution in [1.82, 2.24) is 0 Å². The predicted octanol–water partition coefficient (Wildman–Crippen LogP) is 8.22. The second-order valence-corrected chi connectivity index (χ2v) is 11.2. The highest BCUT2D eigenvalue weighted by Crippen LogP contribution is 2.45.